The van der Waals surface area contributed by atoms with Crippen LogP contribution in [0.4, 0.5) is 0 Å². The summed E-state index contributed by atoms with van der Waals surface area (Å²) in [5.41, 5.74) is 2.12. The number of nitrogens with one attached hydrogen (secondary N) is 2. The van der Waals surface area contributed by atoms with Gasteiger partial charge in [-0.1, -0.05) is 50.6 Å². The normalized spacial score (nSPS) is 20.4. The summed E-state index contributed by atoms with van der Waals surface area (Å²) in [7, 11) is 0. The topological polar surface area (TPSA) is 77.1 Å². The van der Waals surface area contributed by atoms with Crippen molar-refractivity contribution in [3.8, 4) is 0 Å². The average molecular weight is 372 g/mol. The number of hydrogen-bond acceptors (Lipinski definition) is 4. The maximum Gasteiger partial charge on any atom is 0.225 e. The number of aromatic nitrogens is 4. The van der Waals surface area contributed by atoms with E-state index in [0.717, 1.165) is 38.3 Å². The van der Waals surface area contributed by atoms with Gasteiger partial charge in [0.15, 0.2) is 0 Å². The van der Waals surface area contributed by atoms with Gasteiger partial charge in [-0.25, -0.2) is 4.68 Å². The van der Waals surface area contributed by atoms with E-state index in [9.17, 15) is 4.79 Å². The van der Waals surface area contributed by atoms with E-state index in [4.69, 9.17) is 0 Å². The summed E-state index contributed by atoms with van der Waals surface area (Å²) in [4.78, 5) is 13.6. The predicted molar refractivity (Wildman–Crippen MR) is 103 cm³/mol. The zero-order valence-electron chi connectivity index (χ0n) is 16.8. The Morgan fingerprint density at radius 3 is 2.52 bits per heavy atom. The molecular formula is C20H31N6O+. The molecule has 0 aliphatic carbocycles. The van der Waals surface area contributed by atoms with Gasteiger partial charge in [0.2, 0.25) is 11.7 Å². The summed E-state index contributed by atoms with van der Waals surface area (Å²) >= 11 is 0. The lowest BCUT2D eigenvalue weighted by molar-refractivity contribution is -0.919. The Hall–Kier alpha value is -2.28. The third-order valence-corrected chi connectivity index (χ3v) is 5.18. The van der Waals surface area contributed by atoms with Crippen molar-refractivity contribution in [3.63, 3.8) is 0 Å². The minimum absolute atomic E-state index is 0.137. The molecule has 2 aromatic rings. The number of aryl methyl sites for hydroxylation is 1. The van der Waals surface area contributed by atoms with Crippen molar-refractivity contribution < 1.29 is 9.69 Å². The lowest BCUT2D eigenvalue weighted by Crippen LogP contribution is -3.12. The van der Waals surface area contributed by atoms with E-state index in [1.165, 1.54) is 16.0 Å². The van der Waals surface area contributed by atoms with E-state index in [1.54, 1.807) is 0 Å². The smallest absolute Gasteiger partial charge is 0.225 e. The highest BCUT2D eigenvalue weighted by molar-refractivity contribution is 5.81. The van der Waals surface area contributed by atoms with Crippen LogP contribution in [0.2, 0.25) is 0 Å². The van der Waals surface area contributed by atoms with Gasteiger partial charge in [0.25, 0.3) is 0 Å². The Bertz CT molecular complexity index is 754. The van der Waals surface area contributed by atoms with Crippen LogP contribution in [0.5, 0.6) is 0 Å². The minimum Gasteiger partial charge on any atom is -0.352 e. The molecule has 1 aliphatic heterocycles. The van der Waals surface area contributed by atoms with Crippen molar-refractivity contribution in [2.24, 2.45) is 5.41 Å². The molecule has 7 heteroatoms. The first-order valence-electron chi connectivity index (χ1n) is 9.76. The molecule has 0 spiro atoms. The monoisotopic (exact) mass is 371 g/mol. The molecule has 0 radical (unpaired) electrons. The van der Waals surface area contributed by atoms with E-state index < -0.39 is 0 Å². The van der Waals surface area contributed by atoms with Crippen LogP contribution in [-0.4, -0.2) is 45.2 Å². The lowest BCUT2D eigenvalue weighted by atomic mass is 9.94. The van der Waals surface area contributed by atoms with E-state index in [1.807, 2.05) is 25.5 Å². The van der Waals surface area contributed by atoms with Crippen LogP contribution in [0.25, 0.3) is 0 Å². The van der Waals surface area contributed by atoms with Gasteiger partial charge in [-0.3, -0.25) is 4.79 Å². The number of carbonyl (C=O) groups is 1. The number of nitrogens with zero attached hydrogens (tertiary/aromatic N) is 4. The van der Waals surface area contributed by atoms with E-state index in [0.29, 0.717) is 6.54 Å². The second kappa shape index (κ2) is 8.17. The third kappa shape index (κ3) is 5.35. The molecule has 0 unspecified atom stereocenters. The van der Waals surface area contributed by atoms with E-state index in [-0.39, 0.29) is 17.4 Å². The molecule has 1 aromatic heterocycles. The molecule has 0 atom stereocenters. The molecule has 1 aromatic carbocycles. The van der Waals surface area contributed by atoms with Crippen LogP contribution in [0, 0.1) is 12.3 Å². The van der Waals surface area contributed by atoms with Gasteiger partial charge in [-0.15, -0.1) is 5.10 Å². The van der Waals surface area contributed by atoms with Gasteiger partial charge in [0.1, 0.15) is 6.54 Å². The molecule has 2 heterocycles. The van der Waals surface area contributed by atoms with Gasteiger partial charge < -0.3 is 10.2 Å². The number of rotatable bonds is 5. The number of quaternary nitrogens is 1. The molecule has 3 rings (SSSR count). The molecule has 146 valence electrons. The molecule has 0 bridgehead atoms. The van der Waals surface area contributed by atoms with Crippen LogP contribution in [0.15, 0.2) is 24.3 Å². The van der Waals surface area contributed by atoms with Crippen LogP contribution in [0.3, 0.4) is 0 Å². The Kier molecular flexibility index (Phi) is 5.89. The maximum atomic E-state index is 12.2. The number of likely N-dealkylation sites (tertiary alicyclic amines) is 1. The first-order valence-corrected chi connectivity index (χ1v) is 9.76. The van der Waals surface area contributed by atoms with Crippen molar-refractivity contribution >= 4 is 5.91 Å². The summed E-state index contributed by atoms with van der Waals surface area (Å²) < 4.78 is 1.89. The van der Waals surface area contributed by atoms with Crippen LogP contribution >= 0.6 is 0 Å². The maximum absolute atomic E-state index is 12.2. The zero-order valence-corrected chi connectivity index (χ0v) is 16.8. The molecule has 1 saturated heterocycles. The number of benzene rings is 1. The standard InChI is InChI=1S/C20H30N6O/c1-15-5-7-16(8-6-15)13-26-18(22-23-24-26)14-25-11-9-17(10-12-25)21-19(27)20(2,3)4/h5-8,17H,9-14H2,1-4H3,(H,21,27)/p+1. The first kappa shape index (κ1) is 19.5. The first-order chi connectivity index (χ1) is 12.8. The number of amides is 1. The van der Waals surface area contributed by atoms with Crippen molar-refractivity contribution in [1.82, 2.24) is 25.5 Å². The highest BCUT2D eigenvalue weighted by atomic mass is 16.2. The fourth-order valence-electron chi connectivity index (χ4n) is 3.31. The summed E-state index contributed by atoms with van der Waals surface area (Å²) in [6, 6.07) is 8.75. The van der Waals surface area contributed by atoms with Gasteiger partial charge in [-0.05, 0) is 22.9 Å². The molecule has 7 nitrogen and oxygen atoms in total. The fourth-order valence-corrected chi connectivity index (χ4v) is 3.31. The quantitative estimate of drug-likeness (QED) is 0.813. The summed E-state index contributed by atoms with van der Waals surface area (Å²) in [5.74, 6) is 1.06. The van der Waals surface area contributed by atoms with Crippen LogP contribution < -0.4 is 10.2 Å². The largest absolute Gasteiger partial charge is 0.352 e. The Labute approximate surface area is 161 Å². The van der Waals surface area contributed by atoms with Crippen LogP contribution in [-0.2, 0) is 17.9 Å². The van der Waals surface area contributed by atoms with Gasteiger partial charge in [0, 0.05) is 24.3 Å². The molecule has 1 fully saturated rings. The van der Waals surface area contributed by atoms with E-state index >= 15 is 0 Å². The Morgan fingerprint density at radius 1 is 1.22 bits per heavy atom. The molecule has 0 saturated carbocycles. The summed E-state index contributed by atoms with van der Waals surface area (Å²) in [6.45, 7) is 11.5. The molecule has 1 amide bonds. The number of hydrogen-bond donors (Lipinski definition) is 2. The van der Waals surface area contributed by atoms with Crippen molar-refractivity contribution in [2.45, 2.75) is 59.7 Å². The number of piperidine rings is 1. The van der Waals surface area contributed by atoms with Crippen molar-refractivity contribution in [2.75, 3.05) is 13.1 Å². The molecule has 27 heavy (non-hydrogen) atoms. The molecular weight excluding hydrogens is 340 g/mol. The highest BCUT2D eigenvalue weighted by Gasteiger charge is 2.28. The third-order valence-electron chi connectivity index (χ3n) is 5.18. The predicted octanol–water partition coefficient (Wildman–Crippen LogP) is 0.739. The molecule has 1 aliphatic rings. The second-order valence-electron chi connectivity index (χ2n) is 8.66. The van der Waals surface area contributed by atoms with Crippen LogP contribution in [0.1, 0.15) is 50.6 Å². The Balaban J connectivity index is 1.52. The average Bonchev–Trinajstić information content (AvgIpc) is 3.04. The van der Waals surface area contributed by atoms with Crippen molar-refractivity contribution in [3.05, 3.63) is 41.2 Å². The SMILES string of the molecule is Cc1ccc(Cn2nnnc2C[NH+]2CCC(NC(=O)C(C)(C)C)CC2)cc1. The van der Waals surface area contributed by atoms with Gasteiger partial charge >= 0.3 is 0 Å². The zero-order chi connectivity index (χ0) is 19.4. The van der Waals surface area contributed by atoms with E-state index in [2.05, 4.69) is 52.0 Å². The summed E-state index contributed by atoms with van der Waals surface area (Å²) in [6.07, 6.45) is 1.99. The highest BCUT2D eigenvalue weighted by Crippen LogP contribution is 2.14. The Morgan fingerprint density at radius 2 is 1.89 bits per heavy atom. The van der Waals surface area contributed by atoms with Gasteiger partial charge in [-0.2, -0.15) is 0 Å². The number of tetrazole rings is 1. The van der Waals surface area contributed by atoms with Gasteiger partial charge in [0.05, 0.1) is 19.6 Å². The molecule has 2 N–H and O–H groups in total. The second-order valence-corrected chi connectivity index (χ2v) is 8.66. The minimum atomic E-state index is -0.331. The summed E-state index contributed by atoms with van der Waals surface area (Å²) in [5, 5.41) is 15.5. The lowest BCUT2D eigenvalue weighted by Gasteiger charge is -2.31. The van der Waals surface area contributed by atoms with Crippen molar-refractivity contribution in [1.29, 1.82) is 0 Å². The fraction of sp³-hybridized carbons (Fsp3) is 0.600. The number of carbonyl (C=O) groups excluding carboxylic acids is 1.